The fraction of sp³-hybridized carbons (Fsp3) is 0.692. The second kappa shape index (κ2) is 5.52. The molecular weight excluding hydrogens is 228 g/mol. The number of rotatable bonds is 2. The third-order valence-corrected chi connectivity index (χ3v) is 3.88. The molecule has 1 fully saturated rings. The first-order chi connectivity index (χ1) is 8.61. The summed E-state index contributed by atoms with van der Waals surface area (Å²) in [6.45, 7) is 3.99. The second-order valence-electron chi connectivity index (χ2n) is 5.02. The molecule has 1 N–H and O–H groups in total. The van der Waals surface area contributed by atoms with Gasteiger partial charge in [-0.15, -0.1) is 0 Å². The predicted molar refractivity (Wildman–Crippen MR) is 70.5 cm³/mol. The topological polar surface area (TPSA) is 50.2 Å². The van der Waals surface area contributed by atoms with Gasteiger partial charge in [-0.3, -0.25) is 9.48 Å². The maximum Gasteiger partial charge on any atom is 0.257 e. The lowest BCUT2D eigenvalue weighted by Gasteiger charge is -2.26. The zero-order valence-corrected chi connectivity index (χ0v) is 11.4. The fourth-order valence-electron chi connectivity index (χ4n) is 2.45. The third kappa shape index (κ3) is 2.56. The molecule has 100 valence electrons. The van der Waals surface area contributed by atoms with E-state index in [0.717, 1.165) is 43.6 Å². The molecule has 5 heteroatoms. The van der Waals surface area contributed by atoms with Crippen LogP contribution in [0.25, 0.3) is 0 Å². The van der Waals surface area contributed by atoms with E-state index in [0.29, 0.717) is 6.04 Å². The van der Waals surface area contributed by atoms with Crippen LogP contribution in [-0.2, 0) is 7.05 Å². The summed E-state index contributed by atoms with van der Waals surface area (Å²) < 4.78 is 1.75. The number of nitrogens with one attached hydrogen (secondary N) is 1. The van der Waals surface area contributed by atoms with Crippen LogP contribution in [0.1, 0.15) is 35.3 Å². The Bertz CT molecular complexity index is 419. The highest BCUT2D eigenvalue weighted by atomic mass is 16.2. The van der Waals surface area contributed by atoms with Crippen molar-refractivity contribution in [3.8, 4) is 0 Å². The molecule has 1 amide bonds. The van der Waals surface area contributed by atoms with Gasteiger partial charge in [-0.05, 0) is 39.3 Å². The molecule has 0 saturated carbocycles. The molecule has 1 unspecified atom stereocenters. The van der Waals surface area contributed by atoms with Crippen molar-refractivity contribution in [2.24, 2.45) is 7.05 Å². The molecule has 0 spiro atoms. The number of amides is 1. The lowest BCUT2D eigenvalue weighted by atomic mass is 10.1. The molecule has 1 aliphatic rings. The summed E-state index contributed by atoms with van der Waals surface area (Å²) in [5.41, 5.74) is 1.65. The first-order valence-corrected chi connectivity index (χ1v) is 6.57. The fourth-order valence-corrected chi connectivity index (χ4v) is 2.45. The summed E-state index contributed by atoms with van der Waals surface area (Å²) in [5.74, 6) is 0.0903. The number of hydrogen-bond donors (Lipinski definition) is 1. The summed E-state index contributed by atoms with van der Waals surface area (Å²) in [4.78, 5) is 14.3. The van der Waals surface area contributed by atoms with Crippen LogP contribution in [0, 0.1) is 6.92 Å². The quantitative estimate of drug-likeness (QED) is 0.850. The molecule has 18 heavy (non-hydrogen) atoms. The normalized spacial score (nSPS) is 20.5. The zero-order valence-electron chi connectivity index (χ0n) is 11.4. The first kappa shape index (κ1) is 13.1. The Morgan fingerprint density at radius 3 is 2.94 bits per heavy atom. The van der Waals surface area contributed by atoms with Crippen molar-refractivity contribution in [2.45, 2.75) is 32.2 Å². The molecule has 2 heterocycles. The molecule has 5 nitrogen and oxygen atoms in total. The van der Waals surface area contributed by atoms with E-state index >= 15 is 0 Å². The van der Waals surface area contributed by atoms with Crippen molar-refractivity contribution in [1.29, 1.82) is 0 Å². The van der Waals surface area contributed by atoms with Crippen molar-refractivity contribution < 1.29 is 4.79 Å². The molecule has 1 saturated heterocycles. The van der Waals surface area contributed by atoms with Crippen LogP contribution >= 0.6 is 0 Å². The van der Waals surface area contributed by atoms with Crippen LogP contribution in [0.4, 0.5) is 0 Å². The number of nitrogens with zero attached hydrogens (tertiary/aromatic N) is 3. The standard InChI is InChI=1S/C13H22N4O/c1-10-12(9-15-17(10)3)13(18)16(2)11-5-4-7-14-8-6-11/h9,11,14H,4-8H2,1-3H3. The van der Waals surface area contributed by atoms with Crippen molar-refractivity contribution >= 4 is 5.91 Å². The minimum Gasteiger partial charge on any atom is -0.339 e. The summed E-state index contributed by atoms with van der Waals surface area (Å²) in [5, 5.41) is 7.51. The van der Waals surface area contributed by atoms with Crippen LogP contribution in [0.3, 0.4) is 0 Å². The van der Waals surface area contributed by atoms with E-state index < -0.39 is 0 Å². The maximum absolute atomic E-state index is 12.4. The van der Waals surface area contributed by atoms with Gasteiger partial charge in [0.25, 0.3) is 5.91 Å². The highest BCUT2D eigenvalue weighted by Gasteiger charge is 2.24. The second-order valence-corrected chi connectivity index (χ2v) is 5.02. The largest absolute Gasteiger partial charge is 0.339 e. The van der Waals surface area contributed by atoms with Crippen LogP contribution in [0.2, 0.25) is 0 Å². The van der Waals surface area contributed by atoms with E-state index in [9.17, 15) is 4.79 Å². The average Bonchev–Trinajstić information content (AvgIpc) is 2.62. The molecule has 0 aromatic carbocycles. The Morgan fingerprint density at radius 1 is 1.50 bits per heavy atom. The number of aromatic nitrogens is 2. The van der Waals surface area contributed by atoms with Gasteiger partial charge in [0.1, 0.15) is 0 Å². The van der Waals surface area contributed by atoms with Gasteiger partial charge in [0, 0.05) is 25.8 Å². The smallest absolute Gasteiger partial charge is 0.257 e. The predicted octanol–water partition coefficient (Wildman–Crippen LogP) is 0.943. The Morgan fingerprint density at radius 2 is 2.28 bits per heavy atom. The van der Waals surface area contributed by atoms with Crippen molar-refractivity contribution in [3.05, 3.63) is 17.5 Å². The molecule has 1 aliphatic heterocycles. The summed E-state index contributed by atoms with van der Waals surface area (Å²) >= 11 is 0. The number of carbonyl (C=O) groups is 1. The van der Waals surface area contributed by atoms with Gasteiger partial charge >= 0.3 is 0 Å². The Balaban J connectivity index is 2.10. The molecule has 0 aliphatic carbocycles. The van der Waals surface area contributed by atoms with E-state index in [-0.39, 0.29) is 5.91 Å². The minimum absolute atomic E-state index is 0.0903. The summed E-state index contributed by atoms with van der Waals surface area (Å²) in [6, 6.07) is 0.340. The Kier molecular flexibility index (Phi) is 4.01. The monoisotopic (exact) mass is 250 g/mol. The van der Waals surface area contributed by atoms with Gasteiger partial charge in [-0.2, -0.15) is 5.10 Å². The first-order valence-electron chi connectivity index (χ1n) is 6.57. The lowest BCUT2D eigenvalue weighted by molar-refractivity contribution is 0.0719. The van der Waals surface area contributed by atoms with Gasteiger partial charge in [0.2, 0.25) is 0 Å². The maximum atomic E-state index is 12.4. The molecule has 0 radical (unpaired) electrons. The SMILES string of the molecule is Cc1c(C(=O)N(C)C2CCCNCC2)cnn1C. The Labute approximate surface area is 108 Å². The molecule has 1 atom stereocenters. The van der Waals surface area contributed by atoms with Crippen LogP contribution in [-0.4, -0.2) is 46.8 Å². The lowest BCUT2D eigenvalue weighted by Crippen LogP contribution is -2.37. The van der Waals surface area contributed by atoms with Gasteiger partial charge in [-0.1, -0.05) is 0 Å². The van der Waals surface area contributed by atoms with Crippen molar-refractivity contribution in [2.75, 3.05) is 20.1 Å². The average molecular weight is 250 g/mol. The number of carbonyl (C=O) groups excluding carboxylic acids is 1. The highest BCUT2D eigenvalue weighted by Crippen LogP contribution is 2.16. The highest BCUT2D eigenvalue weighted by molar-refractivity contribution is 5.95. The molecule has 0 bridgehead atoms. The van der Waals surface area contributed by atoms with Crippen molar-refractivity contribution in [1.82, 2.24) is 20.0 Å². The van der Waals surface area contributed by atoms with E-state index in [2.05, 4.69) is 10.4 Å². The summed E-state index contributed by atoms with van der Waals surface area (Å²) in [6.07, 6.45) is 4.91. The molecule has 2 rings (SSSR count). The van der Waals surface area contributed by atoms with E-state index in [4.69, 9.17) is 0 Å². The van der Waals surface area contributed by atoms with Gasteiger partial charge in [-0.25, -0.2) is 0 Å². The summed E-state index contributed by atoms with van der Waals surface area (Å²) in [7, 11) is 3.77. The minimum atomic E-state index is 0.0903. The van der Waals surface area contributed by atoms with E-state index in [1.165, 1.54) is 0 Å². The molecular formula is C13H22N4O. The van der Waals surface area contributed by atoms with Gasteiger partial charge < -0.3 is 10.2 Å². The number of hydrogen-bond acceptors (Lipinski definition) is 3. The third-order valence-electron chi connectivity index (χ3n) is 3.88. The van der Waals surface area contributed by atoms with Crippen LogP contribution in [0.15, 0.2) is 6.20 Å². The molecule has 1 aromatic rings. The van der Waals surface area contributed by atoms with E-state index in [1.54, 1.807) is 10.9 Å². The van der Waals surface area contributed by atoms with Crippen LogP contribution < -0.4 is 5.32 Å². The van der Waals surface area contributed by atoms with E-state index in [1.807, 2.05) is 25.9 Å². The van der Waals surface area contributed by atoms with Crippen molar-refractivity contribution in [3.63, 3.8) is 0 Å². The van der Waals surface area contributed by atoms with Gasteiger partial charge in [0.05, 0.1) is 11.8 Å². The van der Waals surface area contributed by atoms with Crippen LogP contribution in [0.5, 0.6) is 0 Å². The van der Waals surface area contributed by atoms with Gasteiger partial charge in [0.15, 0.2) is 0 Å². The Hall–Kier alpha value is -1.36. The number of aryl methyl sites for hydroxylation is 1. The molecule has 1 aromatic heterocycles. The zero-order chi connectivity index (χ0) is 13.1.